The molecule has 1 saturated heterocycles. The van der Waals surface area contributed by atoms with E-state index in [0.717, 1.165) is 6.42 Å². The Bertz CT molecular complexity index is 161. The van der Waals surface area contributed by atoms with Crippen molar-refractivity contribution in [2.45, 2.75) is 25.0 Å². The molecule has 1 fully saturated rings. The minimum Gasteiger partial charge on any atom is -0.444 e. The van der Waals surface area contributed by atoms with Gasteiger partial charge >= 0.3 is 6.09 Å². The molecule has 1 aliphatic heterocycles. The molecule has 1 heterocycles. The van der Waals surface area contributed by atoms with Crippen LogP contribution in [-0.4, -0.2) is 36.6 Å². The molecule has 5 nitrogen and oxygen atoms in total. The van der Waals surface area contributed by atoms with Crippen molar-refractivity contribution in [3.8, 4) is 0 Å². The number of rotatable bonds is 2. The van der Waals surface area contributed by atoms with Gasteiger partial charge in [0.15, 0.2) is 0 Å². The van der Waals surface area contributed by atoms with E-state index in [1.807, 2.05) is 0 Å². The second-order valence-electron chi connectivity index (χ2n) is 2.71. The second kappa shape index (κ2) is 4.27. The number of aliphatic hydroxyl groups excluding tert-OH is 1. The van der Waals surface area contributed by atoms with Crippen molar-refractivity contribution in [1.29, 1.82) is 0 Å². The van der Waals surface area contributed by atoms with Crippen LogP contribution in [0.3, 0.4) is 0 Å². The van der Waals surface area contributed by atoms with Crippen molar-refractivity contribution in [3.63, 3.8) is 0 Å². The van der Waals surface area contributed by atoms with Crippen LogP contribution in [-0.2, 0) is 9.47 Å². The first-order valence-electron chi connectivity index (χ1n) is 3.92. The lowest BCUT2D eigenvalue weighted by molar-refractivity contribution is -0.0960. The Hall–Kier alpha value is -0.810. The molecule has 0 radical (unpaired) electrons. The fourth-order valence-corrected chi connectivity index (χ4v) is 1.27. The van der Waals surface area contributed by atoms with E-state index in [1.165, 1.54) is 0 Å². The highest BCUT2D eigenvalue weighted by atomic mass is 16.6. The molecule has 3 N–H and O–H groups in total. The number of aliphatic hydroxyl groups is 1. The van der Waals surface area contributed by atoms with E-state index in [2.05, 4.69) is 0 Å². The zero-order chi connectivity index (χ0) is 8.97. The van der Waals surface area contributed by atoms with Gasteiger partial charge < -0.3 is 20.3 Å². The second-order valence-corrected chi connectivity index (χ2v) is 2.71. The predicted octanol–water partition coefficient (Wildman–Crippen LogP) is -0.378. The third-order valence-corrected chi connectivity index (χ3v) is 1.83. The van der Waals surface area contributed by atoms with Gasteiger partial charge in [-0.05, 0) is 12.8 Å². The van der Waals surface area contributed by atoms with Crippen LogP contribution in [0.5, 0.6) is 0 Å². The standard InChI is InChI=1S/C7H13NO4/c8-7(10)12-5-2-1-3-11-6(5)4-9/h5-6,9H,1-4H2,(H2,8,10)/t5-,6-/m0/s1. The van der Waals surface area contributed by atoms with Crippen LogP contribution >= 0.6 is 0 Å². The molecule has 0 aromatic carbocycles. The molecule has 1 rings (SSSR count). The van der Waals surface area contributed by atoms with E-state index in [4.69, 9.17) is 20.3 Å². The monoisotopic (exact) mass is 175 g/mol. The number of carbonyl (C=O) groups excluding carboxylic acids is 1. The zero-order valence-corrected chi connectivity index (χ0v) is 6.73. The SMILES string of the molecule is NC(=O)O[C@H]1CCCO[C@H]1CO. The number of primary amides is 1. The summed E-state index contributed by atoms with van der Waals surface area (Å²) in [6.45, 7) is 0.460. The van der Waals surface area contributed by atoms with E-state index in [0.29, 0.717) is 13.0 Å². The van der Waals surface area contributed by atoms with Gasteiger partial charge in [0.2, 0.25) is 0 Å². The quantitative estimate of drug-likeness (QED) is 0.599. The van der Waals surface area contributed by atoms with Gasteiger partial charge in [-0.2, -0.15) is 0 Å². The lowest BCUT2D eigenvalue weighted by Crippen LogP contribution is -2.41. The smallest absolute Gasteiger partial charge is 0.404 e. The van der Waals surface area contributed by atoms with Gasteiger partial charge in [-0.25, -0.2) is 4.79 Å². The van der Waals surface area contributed by atoms with Crippen molar-refractivity contribution in [2.75, 3.05) is 13.2 Å². The van der Waals surface area contributed by atoms with Gasteiger partial charge in [-0.1, -0.05) is 0 Å². The highest BCUT2D eigenvalue weighted by Gasteiger charge is 2.27. The van der Waals surface area contributed by atoms with Crippen LogP contribution < -0.4 is 5.73 Å². The van der Waals surface area contributed by atoms with Gasteiger partial charge in [0.25, 0.3) is 0 Å². The summed E-state index contributed by atoms with van der Waals surface area (Å²) in [6.07, 6.45) is -0.0840. The van der Waals surface area contributed by atoms with E-state index in [9.17, 15) is 4.79 Å². The number of hydrogen-bond acceptors (Lipinski definition) is 4. The maximum atomic E-state index is 10.4. The van der Waals surface area contributed by atoms with Gasteiger partial charge in [-0.3, -0.25) is 0 Å². The zero-order valence-electron chi connectivity index (χ0n) is 6.73. The first-order chi connectivity index (χ1) is 5.74. The Morgan fingerprint density at radius 2 is 2.50 bits per heavy atom. The van der Waals surface area contributed by atoms with Crippen LogP contribution in [0.4, 0.5) is 4.79 Å². The van der Waals surface area contributed by atoms with Crippen molar-refractivity contribution < 1.29 is 19.4 Å². The van der Waals surface area contributed by atoms with E-state index >= 15 is 0 Å². The lowest BCUT2D eigenvalue weighted by Gasteiger charge is -2.29. The number of hydrogen-bond donors (Lipinski definition) is 2. The average molecular weight is 175 g/mol. The van der Waals surface area contributed by atoms with Crippen LogP contribution in [0.2, 0.25) is 0 Å². The molecule has 0 unspecified atom stereocenters. The summed E-state index contributed by atoms with van der Waals surface area (Å²) in [4.78, 5) is 10.4. The molecule has 1 amide bonds. The van der Waals surface area contributed by atoms with Gasteiger partial charge in [0.1, 0.15) is 12.2 Å². The van der Waals surface area contributed by atoms with Crippen LogP contribution in [0, 0.1) is 0 Å². The first kappa shape index (κ1) is 9.28. The van der Waals surface area contributed by atoms with Crippen LogP contribution in [0.25, 0.3) is 0 Å². The van der Waals surface area contributed by atoms with Crippen molar-refractivity contribution in [1.82, 2.24) is 0 Å². The van der Waals surface area contributed by atoms with Crippen molar-refractivity contribution >= 4 is 6.09 Å². The normalized spacial score (nSPS) is 29.8. The Morgan fingerprint density at radius 1 is 1.75 bits per heavy atom. The number of nitrogens with two attached hydrogens (primary N) is 1. The highest BCUT2D eigenvalue weighted by Crippen LogP contribution is 2.16. The van der Waals surface area contributed by atoms with Gasteiger partial charge in [0, 0.05) is 6.61 Å². The number of carbonyl (C=O) groups is 1. The largest absolute Gasteiger partial charge is 0.444 e. The highest BCUT2D eigenvalue weighted by molar-refractivity contribution is 5.64. The van der Waals surface area contributed by atoms with Crippen LogP contribution in [0.1, 0.15) is 12.8 Å². The summed E-state index contributed by atoms with van der Waals surface area (Å²) in [5.74, 6) is 0. The molecule has 0 aliphatic carbocycles. The van der Waals surface area contributed by atoms with E-state index in [1.54, 1.807) is 0 Å². The molecular formula is C7H13NO4. The molecule has 0 spiro atoms. The predicted molar refractivity (Wildman–Crippen MR) is 40.5 cm³/mol. The molecule has 0 saturated carbocycles. The molecule has 5 heteroatoms. The molecule has 0 aromatic rings. The Balaban J connectivity index is 2.41. The molecule has 0 aromatic heterocycles. The minimum absolute atomic E-state index is 0.141. The first-order valence-corrected chi connectivity index (χ1v) is 3.92. The number of ether oxygens (including phenoxy) is 2. The summed E-state index contributed by atoms with van der Waals surface area (Å²) in [5.41, 5.74) is 4.84. The van der Waals surface area contributed by atoms with Crippen LogP contribution in [0.15, 0.2) is 0 Å². The third kappa shape index (κ3) is 2.35. The Labute approximate surface area is 70.4 Å². The average Bonchev–Trinajstić information content (AvgIpc) is 2.04. The fraction of sp³-hybridized carbons (Fsp3) is 0.857. The number of amides is 1. The topological polar surface area (TPSA) is 81.8 Å². The maximum Gasteiger partial charge on any atom is 0.404 e. The molecule has 0 bridgehead atoms. The molecule has 12 heavy (non-hydrogen) atoms. The summed E-state index contributed by atoms with van der Waals surface area (Å²) in [6, 6.07) is 0. The summed E-state index contributed by atoms with van der Waals surface area (Å²) >= 11 is 0. The fourth-order valence-electron chi connectivity index (χ4n) is 1.27. The van der Waals surface area contributed by atoms with Crippen molar-refractivity contribution in [2.24, 2.45) is 5.73 Å². The van der Waals surface area contributed by atoms with Gasteiger partial charge in [-0.15, -0.1) is 0 Å². The summed E-state index contributed by atoms with van der Waals surface area (Å²) in [7, 11) is 0. The molecule has 2 atom stereocenters. The maximum absolute atomic E-state index is 10.4. The lowest BCUT2D eigenvalue weighted by atomic mass is 10.1. The van der Waals surface area contributed by atoms with Gasteiger partial charge in [0.05, 0.1) is 6.61 Å². The molecule has 70 valence electrons. The summed E-state index contributed by atoms with van der Waals surface area (Å²) < 4.78 is 9.91. The third-order valence-electron chi connectivity index (χ3n) is 1.83. The Morgan fingerprint density at radius 3 is 3.08 bits per heavy atom. The van der Waals surface area contributed by atoms with E-state index < -0.39 is 12.2 Å². The Kier molecular flexibility index (Phi) is 3.31. The van der Waals surface area contributed by atoms with Crippen molar-refractivity contribution in [3.05, 3.63) is 0 Å². The summed E-state index contributed by atoms with van der Waals surface area (Å²) in [5, 5.41) is 8.82. The minimum atomic E-state index is -0.816. The van der Waals surface area contributed by atoms with E-state index in [-0.39, 0.29) is 12.7 Å². The molecule has 1 aliphatic rings. The molecular weight excluding hydrogens is 162 g/mol.